The summed E-state index contributed by atoms with van der Waals surface area (Å²) < 4.78 is 37.7. The zero-order chi connectivity index (χ0) is 13.3. The third kappa shape index (κ3) is 2.94. The van der Waals surface area contributed by atoms with Gasteiger partial charge in [-0.15, -0.1) is 0 Å². The van der Waals surface area contributed by atoms with Crippen molar-refractivity contribution in [1.29, 1.82) is 5.26 Å². The molecule has 6 heteroatoms. The van der Waals surface area contributed by atoms with Crippen LogP contribution in [0.2, 0.25) is 0 Å². The molecule has 0 bridgehead atoms. The van der Waals surface area contributed by atoms with Crippen molar-refractivity contribution >= 4 is 15.7 Å². The summed E-state index contributed by atoms with van der Waals surface area (Å²) in [5.41, 5.74) is -0.0436. The first-order chi connectivity index (χ1) is 7.67. The summed E-state index contributed by atoms with van der Waals surface area (Å²) in [5.74, 6) is -0.708. The monoisotopic (exact) mass is 255 g/mol. The van der Waals surface area contributed by atoms with Crippen molar-refractivity contribution in [2.75, 3.05) is 4.72 Å². The first-order valence-electron chi connectivity index (χ1n) is 4.81. The molecule has 0 heterocycles. The average molecular weight is 255 g/mol. The van der Waals surface area contributed by atoms with Crippen molar-refractivity contribution in [2.45, 2.75) is 25.5 Å². The van der Waals surface area contributed by atoms with Gasteiger partial charge in [0, 0.05) is 6.07 Å². The van der Waals surface area contributed by atoms with Crippen molar-refractivity contribution in [1.82, 2.24) is 0 Å². The van der Waals surface area contributed by atoms with E-state index in [4.69, 9.17) is 5.26 Å². The van der Waals surface area contributed by atoms with Gasteiger partial charge in [0.1, 0.15) is 11.9 Å². The number of rotatable bonds is 2. The van der Waals surface area contributed by atoms with Crippen LogP contribution in [0, 0.1) is 23.2 Å². The number of halogens is 1. The molecule has 0 saturated carbocycles. The van der Waals surface area contributed by atoms with Crippen LogP contribution < -0.4 is 4.72 Å². The maximum absolute atomic E-state index is 12.8. The van der Waals surface area contributed by atoms with Gasteiger partial charge in [-0.3, -0.25) is 4.72 Å². The number of hydrogen-bond donors (Lipinski definition) is 1. The maximum atomic E-state index is 12.8. The molecule has 1 rings (SSSR count). The Hall–Kier alpha value is -1.61. The lowest BCUT2D eigenvalue weighted by Crippen LogP contribution is -2.33. The molecule has 0 unspecified atom stereocenters. The first-order valence-corrected chi connectivity index (χ1v) is 6.29. The van der Waals surface area contributed by atoms with Gasteiger partial charge in [0.2, 0.25) is 10.0 Å². The number of nitriles is 1. The highest BCUT2D eigenvalue weighted by Crippen LogP contribution is 2.22. The standard InChI is InChI=1S/C11H12FN2O2S/c1-11(2,3)17(15,16)14-10-5-4-9(12)6-8(10)7-13/h5-6,14H,1-3H3. The zero-order valence-corrected chi connectivity index (χ0v) is 10.5. The van der Waals surface area contributed by atoms with Crippen LogP contribution in [0.3, 0.4) is 0 Å². The highest BCUT2D eigenvalue weighted by molar-refractivity contribution is 7.94. The molecule has 0 atom stereocenters. The van der Waals surface area contributed by atoms with Crippen molar-refractivity contribution in [2.24, 2.45) is 0 Å². The van der Waals surface area contributed by atoms with Crippen LogP contribution in [0.25, 0.3) is 0 Å². The molecular weight excluding hydrogens is 243 g/mol. The van der Waals surface area contributed by atoms with Crippen LogP contribution in [-0.2, 0) is 10.0 Å². The molecule has 0 fully saturated rings. The summed E-state index contributed by atoms with van der Waals surface area (Å²) in [5, 5.41) is 8.78. The highest BCUT2D eigenvalue weighted by Gasteiger charge is 2.29. The van der Waals surface area contributed by atoms with Gasteiger partial charge in [-0.1, -0.05) is 0 Å². The third-order valence-corrected chi connectivity index (χ3v) is 4.19. The number of anilines is 1. The Labute approximate surface area is 100 Å². The average Bonchev–Trinajstić information content (AvgIpc) is 2.18. The maximum Gasteiger partial charge on any atom is 0.237 e. The van der Waals surface area contributed by atoms with Crippen LogP contribution in [-0.4, -0.2) is 13.2 Å². The zero-order valence-electron chi connectivity index (χ0n) is 9.70. The fourth-order valence-corrected chi connectivity index (χ4v) is 1.70. The van der Waals surface area contributed by atoms with E-state index in [0.717, 1.165) is 12.1 Å². The van der Waals surface area contributed by atoms with Crippen LogP contribution in [0.5, 0.6) is 0 Å². The molecule has 1 N–H and O–H groups in total. The van der Waals surface area contributed by atoms with E-state index in [0.29, 0.717) is 0 Å². The predicted octanol–water partition coefficient (Wildman–Crippen LogP) is 2.04. The Balaban J connectivity index is 3.19. The van der Waals surface area contributed by atoms with Crippen LogP contribution >= 0.6 is 0 Å². The molecule has 4 nitrogen and oxygen atoms in total. The fourth-order valence-electron chi connectivity index (χ4n) is 0.940. The smallest absolute Gasteiger partial charge is 0.237 e. The van der Waals surface area contributed by atoms with Crippen LogP contribution in [0.1, 0.15) is 26.3 Å². The van der Waals surface area contributed by atoms with Crippen molar-refractivity contribution < 1.29 is 12.8 Å². The molecule has 91 valence electrons. The highest BCUT2D eigenvalue weighted by atomic mass is 32.2. The van der Waals surface area contributed by atoms with E-state index in [9.17, 15) is 12.8 Å². The minimum absolute atomic E-state index is 0.0313. The second-order valence-corrected chi connectivity index (χ2v) is 6.87. The third-order valence-electron chi connectivity index (χ3n) is 2.09. The lowest BCUT2D eigenvalue weighted by molar-refractivity contribution is 0.566. The molecule has 0 amide bonds. The van der Waals surface area contributed by atoms with Crippen LogP contribution in [0.15, 0.2) is 12.1 Å². The Kier molecular flexibility index (Phi) is 3.43. The predicted molar refractivity (Wildman–Crippen MR) is 62.2 cm³/mol. The summed E-state index contributed by atoms with van der Waals surface area (Å²) in [6.07, 6.45) is 0. The Morgan fingerprint density at radius 2 is 2.06 bits per heavy atom. The topological polar surface area (TPSA) is 70.0 Å². The fraction of sp³-hybridized carbons (Fsp3) is 0.364. The molecule has 1 aromatic carbocycles. The molecule has 0 spiro atoms. The normalized spacial score (nSPS) is 11.9. The molecule has 0 aromatic heterocycles. The summed E-state index contributed by atoms with van der Waals surface area (Å²) >= 11 is 0. The second kappa shape index (κ2) is 4.34. The Morgan fingerprint density at radius 1 is 1.47 bits per heavy atom. The summed E-state index contributed by atoms with van der Waals surface area (Å²) in [7, 11) is -3.64. The molecule has 17 heavy (non-hydrogen) atoms. The minimum Gasteiger partial charge on any atom is -0.282 e. The van der Waals surface area contributed by atoms with Gasteiger partial charge < -0.3 is 0 Å². The van der Waals surface area contributed by atoms with Crippen molar-refractivity contribution in [3.63, 3.8) is 0 Å². The van der Waals surface area contributed by atoms with Crippen molar-refractivity contribution in [3.05, 3.63) is 29.6 Å². The van der Waals surface area contributed by atoms with E-state index in [2.05, 4.69) is 10.8 Å². The summed E-state index contributed by atoms with van der Waals surface area (Å²) in [6.45, 7) is 4.57. The molecule has 0 aliphatic rings. The molecular formula is C11H12FN2O2S. The van der Waals surface area contributed by atoms with Gasteiger partial charge >= 0.3 is 0 Å². The number of benzene rings is 1. The van der Waals surface area contributed by atoms with Gasteiger partial charge in [0.05, 0.1) is 16.0 Å². The first kappa shape index (κ1) is 13.5. The number of nitrogens with zero attached hydrogens (tertiary/aromatic N) is 1. The molecule has 0 saturated heterocycles. The lowest BCUT2D eigenvalue weighted by Gasteiger charge is -2.20. The largest absolute Gasteiger partial charge is 0.282 e. The van der Waals surface area contributed by atoms with Gasteiger partial charge in [-0.05, 0) is 32.9 Å². The molecule has 0 aliphatic carbocycles. The van der Waals surface area contributed by atoms with Crippen LogP contribution in [0.4, 0.5) is 10.1 Å². The quantitative estimate of drug-likeness (QED) is 0.879. The Bertz CT molecular complexity index is 568. The molecule has 1 radical (unpaired) electrons. The van der Waals surface area contributed by atoms with E-state index >= 15 is 0 Å². The number of nitrogens with one attached hydrogen (secondary N) is 1. The lowest BCUT2D eigenvalue weighted by atomic mass is 10.2. The molecule has 1 aromatic rings. The second-order valence-electron chi connectivity index (χ2n) is 4.44. The summed E-state index contributed by atoms with van der Waals surface area (Å²) in [6, 6.07) is 5.97. The Morgan fingerprint density at radius 3 is 2.53 bits per heavy atom. The van der Waals surface area contributed by atoms with E-state index < -0.39 is 20.6 Å². The molecule has 0 aliphatic heterocycles. The van der Waals surface area contributed by atoms with E-state index in [-0.39, 0.29) is 11.3 Å². The number of hydrogen-bond acceptors (Lipinski definition) is 3. The van der Waals surface area contributed by atoms with Gasteiger partial charge in [-0.2, -0.15) is 5.26 Å². The van der Waals surface area contributed by atoms with E-state index in [1.165, 1.54) is 20.8 Å². The number of sulfonamides is 1. The van der Waals surface area contributed by atoms with Crippen molar-refractivity contribution in [3.8, 4) is 6.07 Å². The van der Waals surface area contributed by atoms with Gasteiger partial charge in [0.25, 0.3) is 0 Å². The van der Waals surface area contributed by atoms with Gasteiger partial charge in [0.15, 0.2) is 0 Å². The minimum atomic E-state index is -3.64. The SMILES string of the molecule is CC(C)(C)S(=O)(=O)Nc1c[c]c(F)cc1C#N. The summed E-state index contributed by atoms with van der Waals surface area (Å²) in [4.78, 5) is 0. The van der Waals surface area contributed by atoms with E-state index in [1.807, 2.05) is 0 Å². The van der Waals surface area contributed by atoms with E-state index in [1.54, 1.807) is 6.07 Å². The van der Waals surface area contributed by atoms with Gasteiger partial charge in [-0.25, -0.2) is 12.8 Å².